The summed E-state index contributed by atoms with van der Waals surface area (Å²) in [5, 5.41) is 3.26. The molecule has 106 valence electrons. The third kappa shape index (κ3) is 3.61. The zero-order valence-corrected chi connectivity index (χ0v) is 11.4. The van der Waals surface area contributed by atoms with Crippen LogP contribution in [0.3, 0.4) is 0 Å². The van der Waals surface area contributed by atoms with Crippen LogP contribution >= 0.6 is 0 Å². The number of hydrogen-bond acceptors (Lipinski definition) is 2. The highest BCUT2D eigenvalue weighted by molar-refractivity contribution is 5.24. The quantitative estimate of drug-likeness (QED) is 0.871. The molecule has 0 saturated carbocycles. The molecule has 0 saturated heterocycles. The van der Waals surface area contributed by atoms with Crippen LogP contribution in [0.1, 0.15) is 30.6 Å². The summed E-state index contributed by atoms with van der Waals surface area (Å²) in [4.78, 5) is 4.25. The van der Waals surface area contributed by atoms with E-state index in [4.69, 9.17) is 0 Å². The number of aromatic nitrogens is 1. The largest absolute Gasteiger partial charge is 0.310 e. The van der Waals surface area contributed by atoms with Crippen molar-refractivity contribution in [1.29, 1.82) is 0 Å². The summed E-state index contributed by atoms with van der Waals surface area (Å²) in [6, 6.07) is 9.62. The molecule has 2 rings (SSSR count). The van der Waals surface area contributed by atoms with Crippen molar-refractivity contribution >= 4 is 0 Å². The van der Waals surface area contributed by atoms with Gasteiger partial charge in [0.25, 0.3) is 0 Å². The number of benzene rings is 1. The smallest absolute Gasteiger partial charge is 0.163 e. The maximum absolute atomic E-state index is 13.9. The van der Waals surface area contributed by atoms with E-state index in [1.54, 1.807) is 12.3 Å². The average Bonchev–Trinajstić information content (AvgIpc) is 2.48. The molecule has 0 amide bonds. The van der Waals surface area contributed by atoms with Gasteiger partial charge in [0, 0.05) is 29.9 Å². The summed E-state index contributed by atoms with van der Waals surface area (Å²) < 4.78 is 27.3. The van der Waals surface area contributed by atoms with Gasteiger partial charge in [0.05, 0.1) is 0 Å². The Hall–Kier alpha value is -1.81. The van der Waals surface area contributed by atoms with Crippen molar-refractivity contribution in [3.05, 3.63) is 65.5 Å². The maximum Gasteiger partial charge on any atom is 0.163 e. The van der Waals surface area contributed by atoms with E-state index in [0.717, 1.165) is 24.7 Å². The molecule has 1 aromatic carbocycles. The second-order valence-corrected chi connectivity index (χ2v) is 4.67. The number of halogens is 2. The zero-order valence-electron chi connectivity index (χ0n) is 11.4. The fraction of sp³-hybridized carbons (Fsp3) is 0.312. The number of hydrogen-bond donors (Lipinski definition) is 1. The van der Waals surface area contributed by atoms with Crippen molar-refractivity contribution in [2.45, 2.75) is 25.8 Å². The molecule has 2 aromatic rings. The molecule has 1 atom stereocenters. The summed E-state index contributed by atoms with van der Waals surface area (Å²) in [5.74, 6) is -1.59. The predicted molar refractivity (Wildman–Crippen MR) is 75.3 cm³/mol. The van der Waals surface area contributed by atoms with Gasteiger partial charge in [-0.3, -0.25) is 4.98 Å². The fourth-order valence-electron chi connectivity index (χ4n) is 2.13. The lowest BCUT2D eigenvalue weighted by molar-refractivity contribution is 0.457. The molecule has 0 fully saturated rings. The second kappa shape index (κ2) is 7.10. The normalized spacial score (nSPS) is 12.3. The molecule has 1 unspecified atom stereocenters. The number of pyridine rings is 1. The highest BCUT2D eigenvalue weighted by atomic mass is 19.2. The minimum absolute atomic E-state index is 0.277. The lowest BCUT2D eigenvalue weighted by Crippen LogP contribution is -2.25. The van der Waals surface area contributed by atoms with Gasteiger partial charge in [-0.05, 0) is 31.2 Å². The van der Waals surface area contributed by atoms with Gasteiger partial charge >= 0.3 is 0 Å². The molecule has 0 radical (unpaired) electrons. The Balaban J connectivity index is 2.25. The van der Waals surface area contributed by atoms with Crippen LogP contribution in [0.2, 0.25) is 0 Å². The van der Waals surface area contributed by atoms with Crippen LogP contribution in [-0.2, 0) is 6.42 Å². The van der Waals surface area contributed by atoms with Gasteiger partial charge in [0.15, 0.2) is 11.6 Å². The molecule has 4 heteroatoms. The van der Waals surface area contributed by atoms with E-state index in [9.17, 15) is 8.78 Å². The third-order valence-electron chi connectivity index (χ3n) is 3.14. The molecule has 2 nitrogen and oxygen atoms in total. The van der Waals surface area contributed by atoms with Crippen LogP contribution in [0, 0.1) is 11.6 Å². The lowest BCUT2D eigenvalue weighted by atomic mass is 10.0. The summed E-state index contributed by atoms with van der Waals surface area (Å²) in [7, 11) is 0. The Morgan fingerprint density at radius 3 is 2.70 bits per heavy atom. The summed E-state index contributed by atoms with van der Waals surface area (Å²) >= 11 is 0. The molecule has 1 aromatic heterocycles. The van der Waals surface area contributed by atoms with Gasteiger partial charge in [-0.2, -0.15) is 0 Å². The highest BCUT2D eigenvalue weighted by Crippen LogP contribution is 2.22. The van der Waals surface area contributed by atoms with Crippen LogP contribution in [0.4, 0.5) is 8.78 Å². The first-order chi connectivity index (χ1) is 9.72. The average molecular weight is 276 g/mol. The summed E-state index contributed by atoms with van der Waals surface area (Å²) in [6.07, 6.45) is 3.16. The van der Waals surface area contributed by atoms with Gasteiger partial charge in [-0.25, -0.2) is 8.78 Å². The van der Waals surface area contributed by atoms with Crippen molar-refractivity contribution in [3.63, 3.8) is 0 Å². The summed E-state index contributed by atoms with van der Waals surface area (Å²) in [6.45, 7) is 2.78. The van der Waals surface area contributed by atoms with Crippen LogP contribution < -0.4 is 5.32 Å². The molecule has 1 N–H and O–H groups in total. The van der Waals surface area contributed by atoms with E-state index in [2.05, 4.69) is 10.3 Å². The van der Waals surface area contributed by atoms with Crippen molar-refractivity contribution < 1.29 is 8.78 Å². The van der Waals surface area contributed by atoms with E-state index >= 15 is 0 Å². The van der Waals surface area contributed by atoms with Crippen LogP contribution in [0.25, 0.3) is 0 Å². The molecule has 20 heavy (non-hydrogen) atoms. The molecule has 0 aliphatic rings. The standard InChI is InChI=1S/C16H18F2N2/c1-2-9-20-15(11-12-6-3-4-10-19-12)13-7-5-8-14(17)16(13)18/h3-8,10,15,20H,2,9,11H2,1H3. The Labute approximate surface area is 117 Å². The topological polar surface area (TPSA) is 24.9 Å². The molecular weight excluding hydrogens is 258 g/mol. The van der Waals surface area contributed by atoms with Gasteiger partial charge in [-0.1, -0.05) is 25.1 Å². The maximum atomic E-state index is 13.9. The first-order valence-corrected chi connectivity index (χ1v) is 6.79. The zero-order chi connectivity index (χ0) is 14.4. The number of rotatable bonds is 6. The van der Waals surface area contributed by atoms with E-state index in [-0.39, 0.29) is 6.04 Å². The molecule has 0 aliphatic heterocycles. The van der Waals surface area contributed by atoms with Crippen molar-refractivity contribution in [2.75, 3.05) is 6.54 Å². The van der Waals surface area contributed by atoms with E-state index in [1.165, 1.54) is 6.07 Å². The van der Waals surface area contributed by atoms with Crippen LogP contribution in [0.5, 0.6) is 0 Å². The van der Waals surface area contributed by atoms with Gasteiger partial charge in [0.2, 0.25) is 0 Å². The van der Waals surface area contributed by atoms with E-state index < -0.39 is 11.6 Å². The van der Waals surface area contributed by atoms with Crippen LogP contribution in [0.15, 0.2) is 42.6 Å². The summed E-state index contributed by atoms with van der Waals surface area (Å²) in [5.41, 5.74) is 1.20. The molecule has 0 spiro atoms. The Kier molecular flexibility index (Phi) is 5.18. The second-order valence-electron chi connectivity index (χ2n) is 4.67. The van der Waals surface area contributed by atoms with Crippen molar-refractivity contribution in [2.24, 2.45) is 0 Å². The lowest BCUT2D eigenvalue weighted by Gasteiger charge is -2.19. The van der Waals surface area contributed by atoms with Gasteiger partial charge in [0.1, 0.15) is 0 Å². The molecule has 0 bridgehead atoms. The molecule has 0 aliphatic carbocycles. The minimum atomic E-state index is -0.813. The number of nitrogens with one attached hydrogen (secondary N) is 1. The molecule has 1 heterocycles. The van der Waals surface area contributed by atoms with E-state index in [1.807, 2.05) is 25.1 Å². The Bertz CT molecular complexity index is 543. The van der Waals surface area contributed by atoms with Crippen LogP contribution in [-0.4, -0.2) is 11.5 Å². The third-order valence-corrected chi connectivity index (χ3v) is 3.14. The SMILES string of the molecule is CCCNC(Cc1ccccn1)c1cccc(F)c1F. The number of nitrogens with zero attached hydrogens (tertiary/aromatic N) is 1. The first-order valence-electron chi connectivity index (χ1n) is 6.79. The molecular formula is C16H18F2N2. The first kappa shape index (κ1) is 14.6. The minimum Gasteiger partial charge on any atom is -0.310 e. The monoisotopic (exact) mass is 276 g/mol. The Morgan fingerprint density at radius 1 is 1.15 bits per heavy atom. The van der Waals surface area contributed by atoms with Crippen molar-refractivity contribution in [3.8, 4) is 0 Å². The van der Waals surface area contributed by atoms with Gasteiger partial charge < -0.3 is 5.32 Å². The van der Waals surface area contributed by atoms with Crippen molar-refractivity contribution in [1.82, 2.24) is 10.3 Å². The Morgan fingerprint density at radius 2 is 2.00 bits per heavy atom. The van der Waals surface area contributed by atoms with Gasteiger partial charge in [-0.15, -0.1) is 0 Å². The van der Waals surface area contributed by atoms with E-state index in [0.29, 0.717) is 12.0 Å². The highest BCUT2D eigenvalue weighted by Gasteiger charge is 2.18. The fourth-order valence-corrected chi connectivity index (χ4v) is 2.13. The predicted octanol–water partition coefficient (Wildman–Crippen LogP) is 3.64.